The fraction of sp³-hybridized carbons (Fsp3) is 0.733. The minimum Gasteiger partial charge on any atom is -0.308 e. The van der Waals surface area contributed by atoms with Gasteiger partial charge < -0.3 is 5.32 Å². The number of hydrogen-bond donors (Lipinski definition) is 1. The summed E-state index contributed by atoms with van der Waals surface area (Å²) in [6, 6.07) is 0. The molecular weight excluding hydrogens is 222 g/mol. The van der Waals surface area contributed by atoms with Gasteiger partial charge in [-0.05, 0) is 33.6 Å². The van der Waals surface area contributed by atoms with Gasteiger partial charge in [0.15, 0.2) is 0 Å². The van der Waals surface area contributed by atoms with E-state index in [0.29, 0.717) is 5.92 Å². The fourth-order valence-corrected chi connectivity index (χ4v) is 1.69. The molecule has 0 amide bonds. The van der Waals surface area contributed by atoms with Crippen LogP contribution in [0.3, 0.4) is 0 Å². The van der Waals surface area contributed by atoms with E-state index in [0.717, 1.165) is 25.2 Å². The average Bonchev–Trinajstić information content (AvgIpc) is 2.34. The number of hydrogen-bond acceptors (Lipinski definition) is 3. The number of aryl methyl sites for hydroxylation is 1. The molecule has 1 heterocycles. The van der Waals surface area contributed by atoms with Crippen molar-refractivity contribution >= 4 is 0 Å². The summed E-state index contributed by atoms with van der Waals surface area (Å²) in [6.07, 6.45) is 4.04. The van der Waals surface area contributed by atoms with Crippen molar-refractivity contribution in [3.8, 4) is 0 Å². The summed E-state index contributed by atoms with van der Waals surface area (Å²) in [5.74, 6) is 1.42. The van der Waals surface area contributed by atoms with E-state index in [9.17, 15) is 0 Å². The van der Waals surface area contributed by atoms with Crippen LogP contribution in [-0.2, 0) is 13.0 Å². The molecule has 3 heteroatoms. The van der Waals surface area contributed by atoms with Gasteiger partial charge in [-0.1, -0.05) is 20.8 Å². The van der Waals surface area contributed by atoms with Gasteiger partial charge in [-0.3, -0.25) is 0 Å². The van der Waals surface area contributed by atoms with Crippen molar-refractivity contribution in [3.63, 3.8) is 0 Å². The van der Waals surface area contributed by atoms with Gasteiger partial charge in [-0.2, -0.15) is 0 Å². The molecule has 0 saturated heterocycles. The third-order valence-corrected chi connectivity index (χ3v) is 3.17. The second-order valence-corrected chi connectivity index (χ2v) is 5.97. The van der Waals surface area contributed by atoms with Gasteiger partial charge in [-0.25, -0.2) is 9.97 Å². The molecule has 0 bridgehead atoms. The van der Waals surface area contributed by atoms with Gasteiger partial charge in [0.2, 0.25) is 0 Å². The first-order valence-corrected chi connectivity index (χ1v) is 6.97. The van der Waals surface area contributed by atoms with Gasteiger partial charge >= 0.3 is 0 Å². The molecule has 0 saturated carbocycles. The Kier molecular flexibility index (Phi) is 5.27. The average molecular weight is 249 g/mol. The summed E-state index contributed by atoms with van der Waals surface area (Å²) in [5, 5.41) is 3.50. The topological polar surface area (TPSA) is 37.8 Å². The third-order valence-electron chi connectivity index (χ3n) is 3.17. The molecule has 3 nitrogen and oxygen atoms in total. The highest BCUT2D eigenvalue weighted by Crippen LogP contribution is 2.16. The molecular formula is C15H27N3. The summed E-state index contributed by atoms with van der Waals surface area (Å²) < 4.78 is 0. The molecule has 1 aromatic heterocycles. The van der Waals surface area contributed by atoms with Crippen LogP contribution >= 0.6 is 0 Å². The second-order valence-electron chi connectivity index (χ2n) is 5.97. The predicted molar refractivity (Wildman–Crippen MR) is 76.7 cm³/mol. The normalized spacial score (nSPS) is 13.7. The summed E-state index contributed by atoms with van der Waals surface area (Å²) in [5.41, 5.74) is 2.52. The molecule has 0 spiro atoms. The molecule has 0 aromatic carbocycles. The van der Waals surface area contributed by atoms with Crippen LogP contribution in [0.1, 0.15) is 71.0 Å². The van der Waals surface area contributed by atoms with Crippen molar-refractivity contribution in [2.24, 2.45) is 0 Å². The van der Waals surface area contributed by atoms with E-state index in [1.54, 1.807) is 0 Å². The van der Waals surface area contributed by atoms with Gasteiger partial charge in [0.25, 0.3) is 0 Å². The van der Waals surface area contributed by atoms with E-state index >= 15 is 0 Å². The quantitative estimate of drug-likeness (QED) is 0.868. The summed E-state index contributed by atoms with van der Waals surface area (Å²) in [4.78, 5) is 9.22. The molecule has 1 atom stereocenters. The zero-order chi connectivity index (χ0) is 13.8. The maximum absolute atomic E-state index is 4.71. The maximum Gasteiger partial charge on any atom is 0.131 e. The lowest BCUT2D eigenvalue weighted by Gasteiger charge is -2.21. The lowest BCUT2D eigenvalue weighted by atomic mass is 10.1. The first-order chi connectivity index (χ1) is 8.37. The summed E-state index contributed by atoms with van der Waals surface area (Å²) in [6.45, 7) is 13.9. The molecule has 0 aliphatic heterocycles. The second kappa shape index (κ2) is 6.28. The zero-order valence-corrected chi connectivity index (χ0v) is 12.7. The van der Waals surface area contributed by atoms with Crippen molar-refractivity contribution in [1.29, 1.82) is 0 Å². The maximum atomic E-state index is 4.71. The van der Waals surface area contributed by atoms with Crippen LogP contribution in [0.5, 0.6) is 0 Å². The number of nitrogens with zero attached hydrogens (tertiary/aromatic N) is 2. The Morgan fingerprint density at radius 1 is 1.28 bits per heavy atom. The minimum absolute atomic E-state index is 0.125. The first kappa shape index (κ1) is 15.1. The van der Waals surface area contributed by atoms with Crippen molar-refractivity contribution in [1.82, 2.24) is 15.3 Å². The number of aromatic nitrogens is 2. The number of nitrogens with one attached hydrogen (secondary N) is 1. The van der Waals surface area contributed by atoms with Gasteiger partial charge in [0, 0.05) is 35.5 Å². The lowest BCUT2D eigenvalue weighted by Crippen LogP contribution is -2.35. The molecule has 0 fully saturated rings. The lowest BCUT2D eigenvalue weighted by molar-refractivity contribution is 0.422. The van der Waals surface area contributed by atoms with Crippen LogP contribution in [0, 0.1) is 0 Å². The van der Waals surface area contributed by atoms with Crippen molar-refractivity contribution < 1.29 is 0 Å². The molecule has 18 heavy (non-hydrogen) atoms. The Morgan fingerprint density at radius 3 is 2.44 bits per heavy atom. The minimum atomic E-state index is 0.125. The summed E-state index contributed by atoms with van der Waals surface area (Å²) >= 11 is 0. The highest BCUT2D eigenvalue weighted by atomic mass is 15.0. The van der Waals surface area contributed by atoms with Crippen LogP contribution < -0.4 is 5.32 Å². The van der Waals surface area contributed by atoms with Crippen molar-refractivity contribution in [3.05, 3.63) is 23.3 Å². The van der Waals surface area contributed by atoms with E-state index in [2.05, 4.69) is 51.8 Å². The highest BCUT2D eigenvalue weighted by molar-refractivity contribution is 5.18. The predicted octanol–water partition coefficient (Wildman–Crippen LogP) is 3.44. The van der Waals surface area contributed by atoms with E-state index in [1.165, 1.54) is 11.3 Å². The Bertz CT molecular complexity index is 380. The molecule has 102 valence electrons. The largest absolute Gasteiger partial charge is 0.308 e. The first-order valence-electron chi connectivity index (χ1n) is 6.97. The molecule has 1 unspecified atom stereocenters. The van der Waals surface area contributed by atoms with Crippen molar-refractivity contribution in [2.45, 2.75) is 72.4 Å². The number of rotatable bonds is 5. The molecule has 1 rings (SSSR count). The smallest absolute Gasteiger partial charge is 0.131 e. The highest BCUT2D eigenvalue weighted by Gasteiger charge is 2.13. The zero-order valence-electron chi connectivity index (χ0n) is 12.7. The Balaban J connectivity index is 2.87. The Hall–Kier alpha value is -0.960. The van der Waals surface area contributed by atoms with E-state index in [4.69, 9.17) is 4.98 Å². The van der Waals surface area contributed by atoms with E-state index < -0.39 is 0 Å². The van der Waals surface area contributed by atoms with Crippen LogP contribution in [0.15, 0.2) is 6.20 Å². The Morgan fingerprint density at radius 2 is 1.94 bits per heavy atom. The monoisotopic (exact) mass is 249 g/mol. The van der Waals surface area contributed by atoms with Crippen LogP contribution in [0.4, 0.5) is 0 Å². The molecule has 0 aliphatic carbocycles. The van der Waals surface area contributed by atoms with Gasteiger partial charge in [0.1, 0.15) is 5.82 Å². The Labute approximate surface area is 111 Å². The fourth-order valence-electron chi connectivity index (χ4n) is 1.69. The molecule has 1 aromatic rings. The van der Waals surface area contributed by atoms with E-state index in [1.807, 2.05) is 6.20 Å². The van der Waals surface area contributed by atoms with Crippen LogP contribution in [0.2, 0.25) is 0 Å². The third kappa shape index (κ3) is 4.37. The van der Waals surface area contributed by atoms with Crippen LogP contribution in [-0.4, -0.2) is 15.5 Å². The van der Waals surface area contributed by atoms with Gasteiger partial charge in [0.05, 0.1) is 0 Å². The van der Waals surface area contributed by atoms with E-state index in [-0.39, 0.29) is 5.54 Å². The standard InChI is InChI=1S/C15H27N3/c1-7-11(3)14-16-9-12(13(8-2)18-14)10-17-15(4,5)6/h9,11,17H,7-8,10H2,1-6H3. The van der Waals surface area contributed by atoms with Gasteiger partial charge in [-0.15, -0.1) is 0 Å². The SMILES string of the molecule is CCc1nc(C(C)CC)ncc1CNC(C)(C)C. The van der Waals surface area contributed by atoms with Crippen LogP contribution in [0.25, 0.3) is 0 Å². The molecule has 1 N–H and O–H groups in total. The summed E-state index contributed by atoms with van der Waals surface area (Å²) in [7, 11) is 0. The van der Waals surface area contributed by atoms with Crippen molar-refractivity contribution in [2.75, 3.05) is 0 Å². The molecule has 0 radical (unpaired) electrons. The molecule has 0 aliphatic rings.